The van der Waals surface area contributed by atoms with Crippen molar-refractivity contribution in [2.24, 2.45) is 11.8 Å². The van der Waals surface area contributed by atoms with Gasteiger partial charge in [0.15, 0.2) is 0 Å². The van der Waals surface area contributed by atoms with Gasteiger partial charge in [0.25, 0.3) is 5.91 Å². The van der Waals surface area contributed by atoms with Crippen LogP contribution in [0.1, 0.15) is 29.3 Å². The number of fused-ring (bicyclic) bond motifs is 1. The number of nitrogens with zero attached hydrogens (tertiary/aromatic N) is 2. The quantitative estimate of drug-likeness (QED) is 0.887. The lowest BCUT2D eigenvalue weighted by atomic mass is 9.93. The number of hydrogen-bond donors (Lipinski definition) is 1. The molecular weight excluding hydrogens is 250 g/mol. The van der Waals surface area contributed by atoms with Crippen LogP contribution in [-0.2, 0) is 0 Å². The maximum atomic E-state index is 12.7. The Morgan fingerprint density at radius 1 is 1.50 bits per heavy atom. The van der Waals surface area contributed by atoms with Crippen molar-refractivity contribution < 1.29 is 4.79 Å². The van der Waals surface area contributed by atoms with E-state index in [1.165, 1.54) is 0 Å². The minimum atomic E-state index is 0.0725. The van der Waals surface area contributed by atoms with Gasteiger partial charge in [-0.25, -0.2) is 0 Å². The van der Waals surface area contributed by atoms with Crippen LogP contribution < -0.4 is 5.32 Å². The number of carbonyl (C=O) groups is 1. The number of benzene rings is 1. The topological polar surface area (TPSA) is 56.1 Å². The predicted octanol–water partition coefficient (Wildman–Crippen LogP) is 1.63. The molecule has 0 saturated carbocycles. The van der Waals surface area contributed by atoms with Crippen LogP contribution in [0.15, 0.2) is 24.3 Å². The predicted molar refractivity (Wildman–Crippen MR) is 76.1 cm³/mol. The van der Waals surface area contributed by atoms with E-state index in [2.05, 4.69) is 18.3 Å². The molecule has 0 bridgehead atoms. The van der Waals surface area contributed by atoms with Crippen molar-refractivity contribution >= 4 is 5.91 Å². The molecule has 1 amide bonds. The van der Waals surface area contributed by atoms with Crippen LogP contribution in [0.5, 0.6) is 0 Å². The molecule has 0 radical (unpaired) electrons. The molecule has 4 nitrogen and oxygen atoms in total. The highest BCUT2D eigenvalue weighted by Crippen LogP contribution is 2.35. The number of amides is 1. The highest BCUT2D eigenvalue weighted by atomic mass is 16.2. The third kappa shape index (κ3) is 2.08. The summed E-state index contributed by atoms with van der Waals surface area (Å²) in [4.78, 5) is 14.7. The number of rotatable bonds is 2. The maximum absolute atomic E-state index is 12.7. The molecule has 3 atom stereocenters. The molecule has 0 aromatic heterocycles. The molecule has 2 heterocycles. The lowest BCUT2D eigenvalue weighted by Crippen LogP contribution is -2.39. The summed E-state index contributed by atoms with van der Waals surface area (Å²) in [5.41, 5.74) is 1.18. The Bertz CT molecular complexity index is 563. The van der Waals surface area contributed by atoms with E-state index in [0.717, 1.165) is 26.1 Å². The van der Waals surface area contributed by atoms with E-state index in [0.29, 0.717) is 29.0 Å². The average molecular weight is 269 g/mol. The van der Waals surface area contributed by atoms with Crippen LogP contribution in [-0.4, -0.2) is 36.5 Å². The van der Waals surface area contributed by atoms with Crippen molar-refractivity contribution in [1.82, 2.24) is 10.2 Å². The van der Waals surface area contributed by atoms with Crippen LogP contribution in [0.3, 0.4) is 0 Å². The second kappa shape index (κ2) is 5.26. The van der Waals surface area contributed by atoms with E-state index in [4.69, 9.17) is 5.26 Å². The molecule has 3 unspecified atom stereocenters. The molecule has 3 rings (SSSR count). The lowest BCUT2D eigenvalue weighted by molar-refractivity contribution is 0.0711. The van der Waals surface area contributed by atoms with Gasteiger partial charge in [-0.05, 0) is 36.5 Å². The summed E-state index contributed by atoms with van der Waals surface area (Å²) in [6.07, 6.45) is 0.993. The first kappa shape index (κ1) is 13.1. The van der Waals surface area contributed by atoms with E-state index in [1.807, 2.05) is 11.0 Å². The minimum absolute atomic E-state index is 0.0725. The van der Waals surface area contributed by atoms with Crippen molar-refractivity contribution in [3.63, 3.8) is 0 Å². The molecule has 1 aromatic carbocycles. The number of hydrogen-bond acceptors (Lipinski definition) is 3. The van der Waals surface area contributed by atoms with Crippen molar-refractivity contribution in [1.29, 1.82) is 5.26 Å². The van der Waals surface area contributed by atoms with Crippen molar-refractivity contribution in [3.8, 4) is 6.07 Å². The maximum Gasteiger partial charge on any atom is 0.254 e. The summed E-state index contributed by atoms with van der Waals surface area (Å²) < 4.78 is 0. The first-order chi connectivity index (χ1) is 9.74. The first-order valence-electron chi connectivity index (χ1n) is 7.26. The van der Waals surface area contributed by atoms with Gasteiger partial charge in [-0.1, -0.05) is 13.0 Å². The molecule has 1 aromatic rings. The minimum Gasteiger partial charge on any atom is -0.335 e. The van der Waals surface area contributed by atoms with Crippen molar-refractivity contribution in [2.45, 2.75) is 19.4 Å². The molecule has 4 heteroatoms. The Balaban J connectivity index is 1.85. The molecule has 2 fully saturated rings. The lowest BCUT2D eigenvalue weighted by Gasteiger charge is -2.27. The third-order valence-electron chi connectivity index (χ3n) is 4.64. The van der Waals surface area contributed by atoms with Crippen LogP contribution in [0.4, 0.5) is 0 Å². The molecule has 2 saturated heterocycles. The van der Waals surface area contributed by atoms with E-state index in [-0.39, 0.29) is 5.91 Å². The van der Waals surface area contributed by atoms with E-state index < -0.39 is 0 Å². The normalized spacial score (nSPS) is 28.2. The summed E-state index contributed by atoms with van der Waals surface area (Å²) in [7, 11) is 0. The molecule has 20 heavy (non-hydrogen) atoms. The number of likely N-dealkylation sites (tertiary alicyclic amines) is 1. The van der Waals surface area contributed by atoms with Crippen LogP contribution in [0.2, 0.25) is 0 Å². The second-order valence-corrected chi connectivity index (χ2v) is 5.71. The second-order valence-electron chi connectivity index (χ2n) is 5.71. The Labute approximate surface area is 119 Å². The molecule has 104 valence electrons. The van der Waals surface area contributed by atoms with Crippen LogP contribution in [0, 0.1) is 23.2 Å². The van der Waals surface area contributed by atoms with Gasteiger partial charge in [0, 0.05) is 31.2 Å². The van der Waals surface area contributed by atoms with E-state index in [9.17, 15) is 4.79 Å². The summed E-state index contributed by atoms with van der Waals surface area (Å²) in [5.74, 6) is 1.24. The largest absolute Gasteiger partial charge is 0.335 e. The fourth-order valence-corrected chi connectivity index (χ4v) is 3.67. The molecule has 0 spiro atoms. The van der Waals surface area contributed by atoms with Gasteiger partial charge in [-0.2, -0.15) is 5.26 Å². The molecular formula is C16H19N3O. The highest BCUT2D eigenvalue weighted by Gasteiger charge is 2.45. The van der Waals surface area contributed by atoms with Gasteiger partial charge >= 0.3 is 0 Å². The van der Waals surface area contributed by atoms with Gasteiger partial charge in [-0.15, -0.1) is 0 Å². The fourth-order valence-electron chi connectivity index (χ4n) is 3.67. The average Bonchev–Trinajstić information content (AvgIpc) is 3.06. The third-order valence-corrected chi connectivity index (χ3v) is 4.64. The Morgan fingerprint density at radius 2 is 2.35 bits per heavy atom. The number of nitrogens with one attached hydrogen (secondary N) is 1. The number of carbonyl (C=O) groups excluding carboxylic acids is 1. The summed E-state index contributed by atoms with van der Waals surface area (Å²) in [5, 5.41) is 12.4. The summed E-state index contributed by atoms with van der Waals surface area (Å²) in [6.45, 7) is 5.03. The summed E-state index contributed by atoms with van der Waals surface area (Å²) >= 11 is 0. The standard InChI is InChI=1S/C16H19N3O/c1-2-15-14-9-18-8-13(14)10-19(15)16(20)12-5-3-4-11(6-12)7-17/h3-6,13-15,18H,2,8-10H2,1H3. The zero-order valence-corrected chi connectivity index (χ0v) is 11.7. The smallest absolute Gasteiger partial charge is 0.254 e. The fraction of sp³-hybridized carbons (Fsp3) is 0.500. The molecule has 1 N–H and O–H groups in total. The van der Waals surface area contributed by atoms with Crippen molar-refractivity contribution in [3.05, 3.63) is 35.4 Å². The Morgan fingerprint density at radius 3 is 3.10 bits per heavy atom. The Kier molecular flexibility index (Phi) is 3.45. The Hall–Kier alpha value is -1.86. The monoisotopic (exact) mass is 269 g/mol. The zero-order valence-electron chi connectivity index (χ0n) is 11.7. The number of nitriles is 1. The summed E-state index contributed by atoms with van der Waals surface area (Å²) in [6, 6.07) is 9.44. The molecule has 2 aliphatic rings. The van der Waals surface area contributed by atoms with Gasteiger partial charge in [0.05, 0.1) is 11.6 Å². The van der Waals surface area contributed by atoms with E-state index >= 15 is 0 Å². The highest BCUT2D eigenvalue weighted by molar-refractivity contribution is 5.95. The van der Waals surface area contributed by atoms with Crippen molar-refractivity contribution in [2.75, 3.05) is 19.6 Å². The van der Waals surface area contributed by atoms with Crippen LogP contribution >= 0.6 is 0 Å². The van der Waals surface area contributed by atoms with Gasteiger partial charge in [0.2, 0.25) is 0 Å². The molecule has 0 aliphatic carbocycles. The first-order valence-corrected chi connectivity index (χ1v) is 7.26. The van der Waals surface area contributed by atoms with Gasteiger partial charge in [0.1, 0.15) is 0 Å². The molecule has 2 aliphatic heterocycles. The SMILES string of the molecule is CCC1C2CNCC2CN1C(=O)c1cccc(C#N)c1. The van der Waals surface area contributed by atoms with Crippen LogP contribution in [0.25, 0.3) is 0 Å². The van der Waals surface area contributed by atoms with Gasteiger partial charge < -0.3 is 10.2 Å². The zero-order chi connectivity index (χ0) is 14.1. The van der Waals surface area contributed by atoms with E-state index in [1.54, 1.807) is 18.2 Å². The van der Waals surface area contributed by atoms with Gasteiger partial charge in [-0.3, -0.25) is 4.79 Å².